The van der Waals surface area contributed by atoms with Gasteiger partial charge in [-0.1, -0.05) is 0 Å². The fraction of sp³-hybridized carbons (Fsp3) is 0.375. The van der Waals surface area contributed by atoms with Gasteiger partial charge in [0.05, 0.1) is 0 Å². The van der Waals surface area contributed by atoms with Crippen molar-refractivity contribution in [3.63, 3.8) is 0 Å². The van der Waals surface area contributed by atoms with Crippen LogP contribution in [-0.4, -0.2) is 4.98 Å². The number of H-pyrrole nitrogens is 1. The van der Waals surface area contributed by atoms with Crippen LogP contribution in [0.2, 0.25) is 0 Å². The molecule has 46 valence electrons. The van der Waals surface area contributed by atoms with Crippen LogP contribution in [0.25, 0.3) is 0 Å². The Labute approximate surface area is 55.1 Å². The Morgan fingerprint density at radius 1 is 1.56 bits per heavy atom. The zero-order valence-electron chi connectivity index (χ0n) is 5.28. The summed E-state index contributed by atoms with van der Waals surface area (Å²) >= 11 is 0. The van der Waals surface area contributed by atoms with E-state index in [4.69, 9.17) is 0 Å². The third-order valence-electron chi connectivity index (χ3n) is 1.80. The Bertz CT molecular complexity index is 180. The zero-order valence-corrected chi connectivity index (χ0v) is 5.28. The van der Waals surface area contributed by atoms with Gasteiger partial charge in [0.15, 0.2) is 0 Å². The molecular weight excluding hydrogens is 110 g/mol. The first-order chi connectivity index (χ1) is 4.47. The highest BCUT2D eigenvalue weighted by molar-refractivity contribution is 5.24. The first-order valence-corrected chi connectivity index (χ1v) is 3.32. The fourth-order valence-corrected chi connectivity index (χ4v) is 1.27. The van der Waals surface area contributed by atoms with E-state index in [1.807, 2.05) is 6.20 Å². The number of rotatable bonds is 0. The Balaban J connectivity index is 2.39. The van der Waals surface area contributed by atoms with Crippen LogP contribution in [-0.2, 0) is 12.8 Å². The van der Waals surface area contributed by atoms with Gasteiger partial charge in [-0.3, -0.25) is 0 Å². The molecule has 0 bridgehead atoms. The monoisotopic (exact) mass is 119 g/mol. The molecule has 0 fully saturated rings. The summed E-state index contributed by atoms with van der Waals surface area (Å²) in [5, 5.41) is 0. The van der Waals surface area contributed by atoms with Gasteiger partial charge < -0.3 is 4.98 Å². The van der Waals surface area contributed by atoms with E-state index in [-0.39, 0.29) is 0 Å². The summed E-state index contributed by atoms with van der Waals surface area (Å²) in [4.78, 5) is 3.20. The lowest BCUT2D eigenvalue weighted by atomic mass is 9.98. The van der Waals surface area contributed by atoms with E-state index in [1.165, 1.54) is 17.7 Å². The van der Waals surface area contributed by atoms with Gasteiger partial charge in [-0.05, 0) is 37.3 Å². The Kier molecular flexibility index (Phi) is 1.08. The molecule has 0 saturated carbocycles. The van der Waals surface area contributed by atoms with Crippen molar-refractivity contribution in [1.29, 1.82) is 0 Å². The van der Waals surface area contributed by atoms with Crippen LogP contribution in [0.1, 0.15) is 17.7 Å². The van der Waals surface area contributed by atoms with Crippen LogP contribution >= 0.6 is 0 Å². The highest BCUT2D eigenvalue weighted by atomic mass is 14.7. The van der Waals surface area contributed by atoms with Crippen molar-refractivity contribution >= 4 is 0 Å². The molecule has 0 aliphatic heterocycles. The second kappa shape index (κ2) is 1.90. The Morgan fingerprint density at radius 2 is 2.56 bits per heavy atom. The minimum atomic E-state index is 1.02. The molecule has 1 aromatic rings. The number of aryl methyl sites for hydroxylation is 1. The van der Waals surface area contributed by atoms with Crippen molar-refractivity contribution in [2.75, 3.05) is 0 Å². The van der Waals surface area contributed by atoms with Gasteiger partial charge in [0.1, 0.15) is 0 Å². The van der Waals surface area contributed by atoms with E-state index in [0.717, 1.165) is 12.8 Å². The molecule has 0 unspecified atom stereocenters. The van der Waals surface area contributed by atoms with Gasteiger partial charge in [-0.25, -0.2) is 0 Å². The summed E-state index contributed by atoms with van der Waals surface area (Å²) < 4.78 is 0. The van der Waals surface area contributed by atoms with Crippen molar-refractivity contribution in [2.24, 2.45) is 0 Å². The van der Waals surface area contributed by atoms with Crippen LogP contribution < -0.4 is 0 Å². The lowest BCUT2D eigenvalue weighted by Crippen LogP contribution is -2.00. The molecular formula is C8H9N. The maximum atomic E-state index is 3.30. The molecule has 9 heavy (non-hydrogen) atoms. The number of aromatic nitrogens is 1. The van der Waals surface area contributed by atoms with Crippen molar-refractivity contribution in [3.8, 4) is 0 Å². The second-order valence-corrected chi connectivity index (χ2v) is 2.41. The molecule has 0 spiro atoms. The molecule has 1 aliphatic rings. The average Bonchev–Trinajstić information content (AvgIpc) is 2.33. The van der Waals surface area contributed by atoms with E-state index in [2.05, 4.69) is 17.5 Å². The molecule has 2 rings (SSSR count). The number of nitrogens with one attached hydrogen (secondary N) is 1. The minimum absolute atomic E-state index is 1.02. The van der Waals surface area contributed by atoms with Crippen LogP contribution in [0.15, 0.2) is 12.3 Å². The van der Waals surface area contributed by atoms with E-state index >= 15 is 0 Å². The van der Waals surface area contributed by atoms with Gasteiger partial charge in [-0.2, -0.15) is 0 Å². The number of hydrogen-bond donors (Lipinski definition) is 1. The molecule has 1 heterocycles. The lowest BCUT2D eigenvalue weighted by molar-refractivity contribution is 0.818. The Morgan fingerprint density at radius 3 is 3.44 bits per heavy atom. The molecule has 1 heteroatoms. The smallest absolute Gasteiger partial charge is 0.0185 e. The molecule has 1 aliphatic carbocycles. The van der Waals surface area contributed by atoms with Gasteiger partial charge in [0, 0.05) is 11.9 Å². The predicted molar refractivity (Wildman–Crippen MR) is 36.1 cm³/mol. The maximum Gasteiger partial charge on any atom is 0.0185 e. The first kappa shape index (κ1) is 5.10. The van der Waals surface area contributed by atoms with Crippen LogP contribution in [0.5, 0.6) is 0 Å². The number of aromatic amines is 1. The zero-order chi connectivity index (χ0) is 6.10. The summed E-state index contributed by atoms with van der Waals surface area (Å²) in [6.07, 6.45) is 8.63. The number of hydrogen-bond acceptors (Lipinski definition) is 0. The molecule has 1 N–H and O–H groups in total. The maximum absolute atomic E-state index is 3.30. The lowest BCUT2D eigenvalue weighted by Gasteiger charge is -2.08. The highest BCUT2D eigenvalue weighted by Gasteiger charge is 2.08. The Hall–Kier alpha value is -0.720. The van der Waals surface area contributed by atoms with E-state index in [0.29, 0.717) is 0 Å². The van der Waals surface area contributed by atoms with Gasteiger partial charge >= 0.3 is 0 Å². The van der Waals surface area contributed by atoms with Gasteiger partial charge in [-0.15, -0.1) is 0 Å². The topological polar surface area (TPSA) is 15.8 Å². The quantitative estimate of drug-likeness (QED) is 0.533. The summed E-state index contributed by atoms with van der Waals surface area (Å²) in [6.45, 7) is 0. The average molecular weight is 119 g/mol. The second-order valence-electron chi connectivity index (χ2n) is 2.41. The standard InChI is InChI=1S/C8H9N/c1-2-4-8-7(3-1)5-6-9-8/h5-6,9H,1,3-4H2. The van der Waals surface area contributed by atoms with Gasteiger partial charge in [0.2, 0.25) is 0 Å². The van der Waals surface area contributed by atoms with Crippen molar-refractivity contribution in [3.05, 3.63) is 29.9 Å². The summed E-state index contributed by atoms with van der Waals surface area (Å²) in [5.74, 6) is 0. The molecule has 0 atom stereocenters. The fourth-order valence-electron chi connectivity index (χ4n) is 1.27. The molecule has 2 radical (unpaired) electrons. The van der Waals surface area contributed by atoms with Crippen LogP contribution in [0.3, 0.4) is 0 Å². The van der Waals surface area contributed by atoms with Gasteiger partial charge in [0.25, 0.3) is 0 Å². The molecule has 0 amide bonds. The first-order valence-electron chi connectivity index (χ1n) is 3.32. The van der Waals surface area contributed by atoms with Crippen molar-refractivity contribution in [1.82, 2.24) is 4.98 Å². The summed E-state index contributed by atoms with van der Waals surface area (Å²) in [7, 11) is 0. The molecule has 0 saturated heterocycles. The summed E-state index contributed by atoms with van der Waals surface area (Å²) in [6, 6.07) is 2.16. The largest absolute Gasteiger partial charge is 0.365 e. The third-order valence-corrected chi connectivity index (χ3v) is 1.80. The van der Waals surface area contributed by atoms with Crippen molar-refractivity contribution in [2.45, 2.75) is 19.3 Å². The normalized spacial score (nSPS) is 17.3. The van der Waals surface area contributed by atoms with E-state index in [9.17, 15) is 0 Å². The highest BCUT2D eigenvalue weighted by Crippen LogP contribution is 2.17. The summed E-state index contributed by atoms with van der Waals surface area (Å²) in [5.41, 5.74) is 2.84. The minimum Gasteiger partial charge on any atom is -0.365 e. The van der Waals surface area contributed by atoms with Crippen LogP contribution in [0.4, 0.5) is 0 Å². The SMILES string of the molecule is [C]1CCc2cc[nH]c2C1. The van der Waals surface area contributed by atoms with E-state index in [1.54, 1.807) is 0 Å². The molecule has 1 nitrogen and oxygen atoms in total. The predicted octanol–water partition coefficient (Wildman–Crippen LogP) is 1.58. The molecule has 0 aromatic carbocycles. The number of fused-ring (bicyclic) bond motifs is 1. The van der Waals surface area contributed by atoms with Crippen molar-refractivity contribution < 1.29 is 0 Å². The van der Waals surface area contributed by atoms with Crippen LogP contribution in [0, 0.1) is 6.42 Å². The van der Waals surface area contributed by atoms with E-state index < -0.39 is 0 Å². The molecule has 1 aromatic heterocycles. The third kappa shape index (κ3) is 0.766.